The second kappa shape index (κ2) is 6.97. The molecule has 0 spiro atoms. The van der Waals surface area contributed by atoms with Gasteiger partial charge in [-0.15, -0.1) is 0 Å². The quantitative estimate of drug-likeness (QED) is 0.808. The molecular weight excluding hydrogens is 348 g/mol. The highest BCUT2D eigenvalue weighted by Gasteiger charge is 2.39. The molecule has 0 atom stereocenters. The number of nitrogens with zero attached hydrogens (tertiary/aromatic N) is 2. The van der Waals surface area contributed by atoms with Gasteiger partial charge in [0.15, 0.2) is 0 Å². The van der Waals surface area contributed by atoms with Crippen molar-refractivity contribution in [3.8, 4) is 0 Å². The molecule has 1 fully saturated rings. The Bertz CT molecular complexity index is 791. The molecule has 2 heterocycles. The van der Waals surface area contributed by atoms with Crippen LogP contribution in [-0.2, 0) is 20.2 Å². The minimum atomic E-state index is -3.48. The number of benzene rings is 1. The molecule has 0 bridgehead atoms. The molecule has 1 saturated heterocycles. The fraction of sp³-hybridized carbons (Fsp3) is 0.650. The van der Waals surface area contributed by atoms with E-state index in [0.717, 1.165) is 36.9 Å². The number of fused-ring (bicyclic) bond motifs is 1. The Morgan fingerprint density at radius 3 is 2.27 bits per heavy atom. The molecule has 6 heteroatoms. The average Bonchev–Trinajstić information content (AvgIpc) is 2.77. The summed E-state index contributed by atoms with van der Waals surface area (Å²) in [6.45, 7) is 9.72. The molecule has 0 aromatic heterocycles. The summed E-state index contributed by atoms with van der Waals surface area (Å²) < 4.78 is 27.9. The van der Waals surface area contributed by atoms with E-state index in [1.807, 2.05) is 24.8 Å². The van der Waals surface area contributed by atoms with Crippen molar-refractivity contribution in [3.63, 3.8) is 0 Å². The van der Waals surface area contributed by atoms with E-state index in [-0.39, 0.29) is 17.2 Å². The molecule has 0 N–H and O–H groups in total. The van der Waals surface area contributed by atoms with Crippen molar-refractivity contribution >= 4 is 21.6 Å². The molecule has 2 aliphatic heterocycles. The summed E-state index contributed by atoms with van der Waals surface area (Å²) >= 11 is 0. The molecule has 26 heavy (non-hydrogen) atoms. The molecule has 1 amide bonds. The van der Waals surface area contributed by atoms with Crippen LogP contribution in [0.3, 0.4) is 0 Å². The highest BCUT2D eigenvalue weighted by Crippen LogP contribution is 2.42. The van der Waals surface area contributed by atoms with Gasteiger partial charge in [-0.1, -0.05) is 40.5 Å². The molecule has 3 rings (SSSR count). The zero-order valence-electron chi connectivity index (χ0n) is 16.3. The van der Waals surface area contributed by atoms with E-state index in [4.69, 9.17) is 0 Å². The Morgan fingerprint density at radius 1 is 1.08 bits per heavy atom. The monoisotopic (exact) mass is 378 g/mol. The van der Waals surface area contributed by atoms with E-state index < -0.39 is 10.0 Å². The average molecular weight is 379 g/mol. The predicted octanol–water partition coefficient (Wildman–Crippen LogP) is 3.53. The second-order valence-electron chi connectivity index (χ2n) is 8.46. The number of sulfonamides is 1. The van der Waals surface area contributed by atoms with Crippen LogP contribution < -0.4 is 4.90 Å². The highest BCUT2D eigenvalue weighted by atomic mass is 32.2. The fourth-order valence-electron chi connectivity index (χ4n) is 3.96. The Morgan fingerprint density at radius 2 is 1.69 bits per heavy atom. The van der Waals surface area contributed by atoms with Gasteiger partial charge in [0.2, 0.25) is 15.9 Å². The first-order valence-corrected chi connectivity index (χ1v) is 11.0. The van der Waals surface area contributed by atoms with E-state index in [1.54, 1.807) is 16.4 Å². The maximum absolute atomic E-state index is 13.1. The van der Waals surface area contributed by atoms with Gasteiger partial charge in [0.05, 0.1) is 4.90 Å². The maximum Gasteiger partial charge on any atom is 0.243 e. The number of carbonyl (C=O) groups is 1. The number of hydrogen-bond donors (Lipinski definition) is 0. The van der Waals surface area contributed by atoms with Crippen LogP contribution in [0.5, 0.6) is 0 Å². The van der Waals surface area contributed by atoms with Crippen LogP contribution in [0.25, 0.3) is 0 Å². The minimum absolute atomic E-state index is 0.0833. The largest absolute Gasteiger partial charge is 0.311 e. The lowest BCUT2D eigenvalue weighted by Gasteiger charge is -2.22. The van der Waals surface area contributed by atoms with Gasteiger partial charge >= 0.3 is 0 Å². The lowest BCUT2D eigenvalue weighted by Crippen LogP contribution is -2.36. The van der Waals surface area contributed by atoms with E-state index in [9.17, 15) is 13.2 Å². The fourth-order valence-corrected chi connectivity index (χ4v) is 5.50. The predicted molar refractivity (Wildman–Crippen MR) is 104 cm³/mol. The minimum Gasteiger partial charge on any atom is -0.311 e. The van der Waals surface area contributed by atoms with Gasteiger partial charge in [0.1, 0.15) is 0 Å². The normalized spacial score (nSPS) is 20.9. The third kappa shape index (κ3) is 3.41. The molecule has 0 radical (unpaired) electrons. The molecule has 5 nitrogen and oxygen atoms in total. The summed E-state index contributed by atoms with van der Waals surface area (Å²) in [5.74, 6) is -0.00258. The smallest absolute Gasteiger partial charge is 0.243 e. The van der Waals surface area contributed by atoms with Crippen LogP contribution in [0.1, 0.15) is 58.9 Å². The molecule has 1 aromatic rings. The zero-order valence-corrected chi connectivity index (χ0v) is 17.1. The maximum atomic E-state index is 13.1. The standard InChI is InChI=1S/C20H30N2O3S/c1-15(2)19(23)22-14-20(3,4)17-13-16(9-10-18(17)22)26(24,25)21-11-7-5-6-8-12-21/h9-10,13,15H,5-8,11-12,14H2,1-4H3. The van der Waals surface area contributed by atoms with E-state index in [1.165, 1.54) is 0 Å². The van der Waals surface area contributed by atoms with Gasteiger partial charge in [0, 0.05) is 36.7 Å². The van der Waals surface area contributed by atoms with Crippen LogP contribution in [0.4, 0.5) is 5.69 Å². The van der Waals surface area contributed by atoms with E-state index in [2.05, 4.69) is 13.8 Å². The molecule has 144 valence electrons. The molecule has 0 aliphatic carbocycles. The van der Waals surface area contributed by atoms with Gasteiger partial charge < -0.3 is 4.90 Å². The first-order chi connectivity index (χ1) is 12.1. The molecule has 2 aliphatic rings. The summed E-state index contributed by atoms with van der Waals surface area (Å²) in [7, 11) is -3.48. The Balaban J connectivity index is 1.99. The topological polar surface area (TPSA) is 57.7 Å². The summed E-state index contributed by atoms with van der Waals surface area (Å²) in [6, 6.07) is 5.28. The number of amides is 1. The van der Waals surface area contributed by atoms with Crippen molar-refractivity contribution in [1.82, 2.24) is 4.31 Å². The highest BCUT2D eigenvalue weighted by molar-refractivity contribution is 7.89. The number of carbonyl (C=O) groups excluding carboxylic acids is 1. The first-order valence-electron chi connectivity index (χ1n) is 9.61. The zero-order chi connectivity index (χ0) is 19.1. The third-order valence-corrected chi connectivity index (χ3v) is 7.40. The number of hydrogen-bond acceptors (Lipinski definition) is 3. The second-order valence-corrected chi connectivity index (χ2v) is 10.4. The first kappa shape index (κ1) is 19.4. The van der Waals surface area contributed by atoms with Crippen molar-refractivity contribution in [2.75, 3.05) is 24.5 Å². The van der Waals surface area contributed by atoms with Crippen LogP contribution in [0.2, 0.25) is 0 Å². The van der Waals surface area contributed by atoms with Crippen molar-refractivity contribution in [2.24, 2.45) is 5.92 Å². The van der Waals surface area contributed by atoms with Gasteiger partial charge in [0.25, 0.3) is 0 Å². The molecule has 0 unspecified atom stereocenters. The molecule has 1 aromatic carbocycles. The van der Waals surface area contributed by atoms with Crippen molar-refractivity contribution < 1.29 is 13.2 Å². The van der Waals surface area contributed by atoms with Gasteiger partial charge in [-0.05, 0) is 36.6 Å². The summed E-state index contributed by atoms with van der Waals surface area (Å²) in [4.78, 5) is 14.7. The van der Waals surface area contributed by atoms with Gasteiger partial charge in [-0.25, -0.2) is 8.42 Å². The Kier molecular flexibility index (Phi) is 5.19. The molecule has 0 saturated carbocycles. The van der Waals surface area contributed by atoms with E-state index >= 15 is 0 Å². The van der Waals surface area contributed by atoms with Gasteiger partial charge in [-0.2, -0.15) is 4.31 Å². The van der Waals surface area contributed by atoms with Crippen LogP contribution in [-0.4, -0.2) is 38.3 Å². The number of anilines is 1. The summed E-state index contributed by atoms with van der Waals surface area (Å²) in [6.07, 6.45) is 4.03. The number of rotatable bonds is 3. The van der Waals surface area contributed by atoms with Crippen molar-refractivity contribution in [2.45, 2.75) is 63.7 Å². The van der Waals surface area contributed by atoms with E-state index in [0.29, 0.717) is 24.5 Å². The van der Waals surface area contributed by atoms with Crippen LogP contribution in [0.15, 0.2) is 23.1 Å². The third-order valence-electron chi connectivity index (χ3n) is 5.50. The lowest BCUT2D eigenvalue weighted by atomic mass is 9.87. The van der Waals surface area contributed by atoms with Crippen molar-refractivity contribution in [3.05, 3.63) is 23.8 Å². The summed E-state index contributed by atoms with van der Waals surface area (Å²) in [5, 5.41) is 0. The SMILES string of the molecule is CC(C)C(=O)N1CC(C)(C)c2cc(S(=O)(=O)N3CCCCCC3)ccc21. The Hall–Kier alpha value is -1.40. The van der Waals surface area contributed by atoms with Crippen LogP contribution in [0, 0.1) is 5.92 Å². The lowest BCUT2D eigenvalue weighted by molar-refractivity contribution is -0.121. The van der Waals surface area contributed by atoms with Gasteiger partial charge in [-0.3, -0.25) is 4.79 Å². The summed E-state index contributed by atoms with van der Waals surface area (Å²) in [5.41, 5.74) is 1.54. The molecular formula is C20H30N2O3S. The Labute approximate surface area is 157 Å². The van der Waals surface area contributed by atoms with Crippen molar-refractivity contribution in [1.29, 1.82) is 0 Å². The van der Waals surface area contributed by atoms with Crippen LogP contribution >= 0.6 is 0 Å².